The number of sulfonamides is 1. The minimum atomic E-state index is -3.87. The third kappa shape index (κ3) is 5.61. The fourth-order valence-electron chi connectivity index (χ4n) is 5.93. The average Bonchev–Trinajstić information content (AvgIpc) is 3.43. The van der Waals surface area contributed by atoms with Crippen molar-refractivity contribution >= 4 is 15.9 Å². The van der Waals surface area contributed by atoms with E-state index in [9.17, 15) is 13.2 Å². The van der Waals surface area contributed by atoms with Gasteiger partial charge >= 0.3 is 0 Å². The molecule has 1 saturated heterocycles. The molecule has 2 aliphatic rings. The zero-order chi connectivity index (χ0) is 28.4. The summed E-state index contributed by atoms with van der Waals surface area (Å²) in [7, 11) is -0.637. The van der Waals surface area contributed by atoms with Gasteiger partial charge in [0.25, 0.3) is 0 Å². The molecule has 10 heteroatoms. The number of carbonyl (C=O) groups excluding carboxylic acids is 1. The van der Waals surface area contributed by atoms with Crippen molar-refractivity contribution in [2.24, 2.45) is 0 Å². The van der Waals surface area contributed by atoms with E-state index >= 15 is 0 Å². The van der Waals surface area contributed by atoms with Crippen molar-refractivity contribution in [1.82, 2.24) is 18.7 Å². The van der Waals surface area contributed by atoms with Gasteiger partial charge in [0, 0.05) is 64.1 Å². The topological polar surface area (TPSA) is 84.3 Å². The molecule has 0 bridgehead atoms. The Labute approximate surface area is 236 Å². The molecule has 0 saturated carbocycles. The second-order valence-electron chi connectivity index (χ2n) is 10.6. The minimum Gasteiger partial charge on any atom is -0.497 e. The molecule has 9 nitrogen and oxygen atoms in total. The van der Waals surface area contributed by atoms with E-state index in [-0.39, 0.29) is 17.2 Å². The molecule has 40 heavy (non-hydrogen) atoms. The highest BCUT2D eigenvalue weighted by Gasteiger charge is 2.40. The van der Waals surface area contributed by atoms with Crippen molar-refractivity contribution in [2.75, 3.05) is 46.9 Å². The molecule has 0 N–H and O–H groups in total. The number of carbonyl (C=O) groups is 1. The Morgan fingerprint density at radius 2 is 1.52 bits per heavy atom. The zero-order valence-corrected chi connectivity index (χ0v) is 24.5. The normalized spacial score (nSPS) is 18.4. The van der Waals surface area contributed by atoms with Crippen LogP contribution in [0.2, 0.25) is 0 Å². The minimum absolute atomic E-state index is 0.0212. The summed E-state index contributed by atoms with van der Waals surface area (Å²) < 4.78 is 42.4. The van der Waals surface area contributed by atoms with Gasteiger partial charge in [-0.2, -0.15) is 4.31 Å². The van der Waals surface area contributed by atoms with E-state index in [1.54, 1.807) is 40.2 Å². The fraction of sp³-hybridized carbons (Fsp3) is 0.433. The van der Waals surface area contributed by atoms with Gasteiger partial charge < -0.3 is 18.9 Å². The first-order valence-electron chi connectivity index (χ1n) is 13.7. The van der Waals surface area contributed by atoms with Crippen LogP contribution in [0.3, 0.4) is 0 Å². The van der Waals surface area contributed by atoms with Crippen LogP contribution in [0, 0.1) is 13.8 Å². The average molecular weight is 567 g/mol. The molecule has 1 aromatic heterocycles. The van der Waals surface area contributed by atoms with Gasteiger partial charge in [0.05, 0.1) is 25.2 Å². The van der Waals surface area contributed by atoms with Gasteiger partial charge in [0.2, 0.25) is 15.9 Å². The van der Waals surface area contributed by atoms with Gasteiger partial charge in [-0.25, -0.2) is 8.42 Å². The lowest BCUT2D eigenvalue weighted by atomic mass is 10.1. The van der Waals surface area contributed by atoms with E-state index in [1.807, 2.05) is 35.4 Å². The summed E-state index contributed by atoms with van der Waals surface area (Å²) in [6.07, 6.45) is 2.06. The van der Waals surface area contributed by atoms with Crippen LogP contribution in [-0.2, 0) is 27.9 Å². The smallest absolute Gasteiger partial charge is 0.244 e. The Bertz CT molecular complexity index is 1440. The first kappa shape index (κ1) is 28.2. The molecule has 2 aromatic carbocycles. The lowest BCUT2D eigenvalue weighted by Crippen LogP contribution is -2.50. The Kier molecular flexibility index (Phi) is 8.21. The number of benzene rings is 2. The van der Waals surface area contributed by atoms with Gasteiger partial charge in [-0.15, -0.1) is 0 Å². The molecule has 1 amide bonds. The number of aryl methyl sites for hydroxylation is 2. The highest BCUT2D eigenvalue weighted by molar-refractivity contribution is 7.89. The molecule has 1 fully saturated rings. The van der Waals surface area contributed by atoms with Crippen molar-refractivity contribution in [3.05, 3.63) is 77.1 Å². The molecule has 1 atom stereocenters. The van der Waals surface area contributed by atoms with Crippen molar-refractivity contribution in [3.63, 3.8) is 0 Å². The standard InChI is InChI=1S/C30H38N4O5S/c1-22-18-26(39-4)19-23(2)30(22)40(36,37)34-17-16-32-11-5-6-27(32)28(34)20-29(35)33-14-12-31(13-15-33)21-24-7-9-25(38-3)10-8-24/h5-11,18-19,28H,12-17,20-21H2,1-4H3. The van der Waals surface area contributed by atoms with Crippen LogP contribution in [0.1, 0.15) is 34.8 Å². The number of aromatic nitrogens is 1. The number of piperazine rings is 1. The molecule has 3 heterocycles. The lowest BCUT2D eigenvalue weighted by Gasteiger charge is -2.39. The van der Waals surface area contributed by atoms with E-state index in [0.29, 0.717) is 43.1 Å². The highest BCUT2D eigenvalue weighted by Crippen LogP contribution is 2.37. The summed E-state index contributed by atoms with van der Waals surface area (Å²) in [5, 5.41) is 0. The van der Waals surface area contributed by atoms with Crippen molar-refractivity contribution < 1.29 is 22.7 Å². The quantitative estimate of drug-likeness (QED) is 0.414. The number of ether oxygens (including phenoxy) is 2. The van der Waals surface area contributed by atoms with Gasteiger partial charge in [-0.05, 0) is 66.9 Å². The summed E-state index contributed by atoms with van der Waals surface area (Å²) in [5.74, 6) is 1.44. The number of hydrogen-bond donors (Lipinski definition) is 0. The molecule has 1 unspecified atom stereocenters. The number of fused-ring (bicyclic) bond motifs is 1. The maximum Gasteiger partial charge on any atom is 0.244 e. The van der Waals surface area contributed by atoms with Gasteiger partial charge in [0.15, 0.2) is 0 Å². The Hall–Kier alpha value is -3.34. The third-order valence-corrected chi connectivity index (χ3v) is 10.2. The lowest BCUT2D eigenvalue weighted by molar-refractivity contribution is -0.134. The molecular formula is C30H38N4O5S. The first-order valence-corrected chi connectivity index (χ1v) is 15.1. The van der Waals surface area contributed by atoms with E-state index in [0.717, 1.165) is 31.1 Å². The fourth-order valence-corrected chi connectivity index (χ4v) is 7.93. The molecule has 5 rings (SSSR count). The maximum absolute atomic E-state index is 14.1. The second-order valence-corrected chi connectivity index (χ2v) is 12.4. The molecule has 3 aromatic rings. The predicted molar refractivity (Wildman–Crippen MR) is 153 cm³/mol. The maximum atomic E-state index is 14.1. The van der Waals surface area contributed by atoms with E-state index in [2.05, 4.69) is 21.6 Å². The molecule has 214 valence electrons. The van der Waals surface area contributed by atoms with Crippen LogP contribution in [-0.4, -0.2) is 79.9 Å². The number of hydrogen-bond acceptors (Lipinski definition) is 6. The van der Waals surface area contributed by atoms with Gasteiger partial charge in [-0.1, -0.05) is 12.1 Å². The SMILES string of the molecule is COc1ccc(CN2CCN(C(=O)CC3c4cccn4CCN3S(=O)(=O)c3c(C)cc(OC)cc3C)CC2)cc1. The van der Waals surface area contributed by atoms with E-state index in [4.69, 9.17) is 9.47 Å². The summed E-state index contributed by atoms with van der Waals surface area (Å²) in [5.41, 5.74) is 3.32. The Morgan fingerprint density at radius 3 is 2.15 bits per heavy atom. The molecule has 0 radical (unpaired) electrons. The van der Waals surface area contributed by atoms with Crippen molar-refractivity contribution in [1.29, 1.82) is 0 Å². The molecule has 2 aliphatic heterocycles. The number of nitrogens with zero attached hydrogens (tertiary/aromatic N) is 4. The Morgan fingerprint density at radius 1 is 0.875 bits per heavy atom. The van der Waals surface area contributed by atoms with Crippen LogP contribution in [0.5, 0.6) is 11.5 Å². The van der Waals surface area contributed by atoms with Gasteiger partial charge in [-0.3, -0.25) is 9.69 Å². The first-order chi connectivity index (χ1) is 19.2. The summed E-state index contributed by atoms with van der Waals surface area (Å²) >= 11 is 0. The molecule has 0 aliphatic carbocycles. The largest absolute Gasteiger partial charge is 0.497 e. The van der Waals surface area contributed by atoms with E-state index in [1.165, 1.54) is 9.87 Å². The predicted octanol–water partition coefficient (Wildman–Crippen LogP) is 3.60. The molecular weight excluding hydrogens is 528 g/mol. The summed E-state index contributed by atoms with van der Waals surface area (Å²) in [6, 6.07) is 14.8. The number of amides is 1. The highest BCUT2D eigenvalue weighted by atomic mass is 32.2. The van der Waals surface area contributed by atoms with Gasteiger partial charge in [0.1, 0.15) is 11.5 Å². The van der Waals surface area contributed by atoms with Crippen LogP contribution in [0.15, 0.2) is 59.6 Å². The van der Waals surface area contributed by atoms with Crippen molar-refractivity contribution in [2.45, 2.75) is 44.3 Å². The van der Waals surface area contributed by atoms with Crippen molar-refractivity contribution in [3.8, 4) is 11.5 Å². The van der Waals surface area contributed by atoms with Crippen LogP contribution >= 0.6 is 0 Å². The second kappa shape index (κ2) is 11.6. The van der Waals surface area contributed by atoms with Crippen LogP contribution in [0.25, 0.3) is 0 Å². The number of rotatable bonds is 8. The monoisotopic (exact) mass is 566 g/mol. The van der Waals surface area contributed by atoms with Crippen LogP contribution in [0.4, 0.5) is 0 Å². The zero-order valence-electron chi connectivity index (χ0n) is 23.7. The van der Waals surface area contributed by atoms with E-state index < -0.39 is 16.1 Å². The Balaban J connectivity index is 1.31. The van der Waals surface area contributed by atoms with Crippen LogP contribution < -0.4 is 9.47 Å². The third-order valence-electron chi connectivity index (χ3n) is 8.01. The summed E-state index contributed by atoms with van der Waals surface area (Å²) in [6.45, 7) is 8.03. The molecule has 0 spiro atoms. The summed E-state index contributed by atoms with van der Waals surface area (Å²) in [4.78, 5) is 18.1. The number of methoxy groups -OCH3 is 2.